The van der Waals surface area contributed by atoms with E-state index in [4.69, 9.17) is 9.47 Å². The Morgan fingerprint density at radius 3 is 2.73 bits per heavy atom. The molecule has 1 aromatic carbocycles. The lowest BCUT2D eigenvalue weighted by Crippen LogP contribution is -2.47. The van der Waals surface area contributed by atoms with Crippen molar-refractivity contribution >= 4 is 5.91 Å². The second kappa shape index (κ2) is 8.51. The predicted octanol–water partition coefficient (Wildman–Crippen LogP) is 2.30. The molecule has 1 aliphatic carbocycles. The molecule has 0 spiro atoms. The van der Waals surface area contributed by atoms with E-state index < -0.39 is 0 Å². The minimum atomic E-state index is 0.153. The molecule has 2 aliphatic heterocycles. The quantitative estimate of drug-likeness (QED) is 0.783. The van der Waals surface area contributed by atoms with Gasteiger partial charge in [-0.15, -0.1) is 0 Å². The van der Waals surface area contributed by atoms with E-state index in [9.17, 15) is 4.79 Å². The van der Waals surface area contributed by atoms with Crippen molar-refractivity contribution in [3.8, 4) is 0 Å². The molecular formula is C21H30N2O3. The second-order valence-corrected chi connectivity index (χ2v) is 7.87. The van der Waals surface area contributed by atoms with Gasteiger partial charge in [0, 0.05) is 32.2 Å². The Bertz CT molecular complexity index is 588. The van der Waals surface area contributed by atoms with Crippen LogP contribution in [0.25, 0.3) is 0 Å². The fraction of sp³-hybridized carbons (Fsp3) is 0.667. The van der Waals surface area contributed by atoms with Crippen LogP contribution in [0.3, 0.4) is 0 Å². The summed E-state index contributed by atoms with van der Waals surface area (Å²) < 4.78 is 11.8. The Kier molecular flexibility index (Phi) is 5.88. The zero-order chi connectivity index (χ0) is 17.8. The van der Waals surface area contributed by atoms with Gasteiger partial charge in [-0.25, -0.2) is 0 Å². The molecule has 0 radical (unpaired) electrons. The summed E-state index contributed by atoms with van der Waals surface area (Å²) in [5, 5.41) is 0. The highest BCUT2D eigenvalue weighted by Gasteiger charge is 2.41. The van der Waals surface area contributed by atoms with Crippen molar-refractivity contribution in [2.75, 3.05) is 39.5 Å². The van der Waals surface area contributed by atoms with E-state index in [-0.39, 0.29) is 12.5 Å². The molecule has 1 amide bonds. The maximum absolute atomic E-state index is 12.1. The molecule has 3 fully saturated rings. The Labute approximate surface area is 156 Å². The summed E-state index contributed by atoms with van der Waals surface area (Å²) >= 11 is 0. The molecule has 0 aromatic heterocycles. The zero-order valence-corrected chi connectivity index (χ0v) is 15.5. The van der Waals surface area contributed by atoms with Crippen LogP contribution in [0.5, 0.6) is 0 Å². The first-order valence-electron chi connectivity index (χ1n) is 10.0. The van der Waals surface area contributed by atoms with Crippen molar-refractivity contribution in [2.45, 2.75) is 44.4 Å². The van der Waals surface area contributed by atoms with Gasteiger partial charge in [0.25, 0.3) is 0 Å². The molecule has 1 saturated carbocycles. The third kappa shape index (κ3) is 4.27. The summed E-state index contributed by atoms with van der Waals surface area (Å²) in [5.41, 5.74) is 1.36. The monoisotopic (exact) mass is 358 g/mol. The van der Waals surface area contributed by atoms with Crippen molar-refractivity contribution < 1.29 is 14.3 Å². The normalized spacial score (nSPS) is 29.1. The molecule has 26 heavy (non-hydrogen) atoms. The Morgan fingerprint density at radius 2 is 1.92 bits per heavy atom. The number of amides is 1. The summed E-state index contributed by atoms with van der Waals surface area (Å²) in [6.07, 6.45) is 4.73. The fourth-order valence-corrected chi connectivity index (χ4v) is 4.65. The molecule has 5 heteroatoms. The van der Waals surface area contributed by atoms with Gasteiger partial charge in [0.15, 0.2) is 0 Å². The molecule has 4 rings (SSSR count). The number of nitrogens with zero attached hydrogens (tertiary/aromatic N) is 2. The number of carbonyl (C=O) groups excluding carboxylic acids is 1. The van der Waals surface area contributed by atoms with Crippen LogP contribution in [-0.2, 0) is 20.8 Å². The van der Waals surface area contributed by atoms with Crippen LogP contribution in [0.2, 0.25) is 0 Å². The second-order valence-electron chi connectivity index (χ2n) is 7.87. The maximum atomic E-state index is 12.1. The number of rotatable bonds is 6. The Morgan fingerprint density at radius 1 is 1.12 bits per heavy atom. The fourth-order valence-electron chi connectivity index (χ4n) is 4.65. The summed E-state index contributed by atoms with van der Waals surface area (Å²) in [6, 6.07) is 11.2. The van der Waals surface area contributed by atoms with E-state index in [0.717, 1.165) is 58.5 Å². The van der Waals surface area contributed by atoms with Gasteiger partial charge >= 0.3 is 0 Å². The van der Waals surface area contributed by atoms with Gasteiger partial charge < -0.3 is 14.4 Å². The smallest absolute Gasteiger partial charge is 0.248 e. The highest BCUT2D eigenvalue weighted by atomic mass is 16.5. The largest absolute Gasteiger partial charge is 0.375 e. The highest BCUT2D eigenvalue weighted by molar-refractivity contribution is 5.77. The van der Waals surface area contributed by atoms with Crippen molar-refractivity contribution in [1.82, 2.24) is 9.80 Å². The van der Waals surface area contributed by atoms with E-state index in [2.05, 4.69) is 35.2 Å². The first kappa shape index (κ1) is 18.0. The average Bonchev–Trinajstić information content (AvgIpc) is 3.33. The first-order valence-corrected chi connectivity index (χ1v) is 10.0. The van der Waals surface area contributed by atoms with E-state index in [1.165, 1.54) is 5.56 Å². The lowest BCUT2D eigenvalue weighted by Gasteiger charge is -2.37. The van der Waals surface area contributed by atoms with Gasteiger partial charge in [0.05, 0.1) is 19.3 Å². The minimum absolute atomic E-state index is 0.153. The summed E-state index contributed by atoms with van der Waals surface area (Å²) in [7, 11) is 0. The number of benzene rings is 1. The number of carbonyl (C=O) groups is 1. The van der Waals surface area contributed by atoms with E-state index in [1.807, 2.05) is 4.90 Å². The van der Waals surface area contributed by atoms with E-state index in [1.54, 1.807) is 0 Å². The molecule has 5 nitrogen and oxygen atoms in total. The van der Waals surface area contributed by atoms with E-state index in [0.29, 0.717) is 24.7 Å². The lowest BCUT2D eigenvalue weighted by molar-refractivity contribution is -0.135. The van der Waals surface area contributed by atoms with Crippen LogP contribution < -0.4 is 0 Å². The summed E-state index contributed by atoms with van der Waals surface area (Å²) in [4.78, 5) is 16.6. The van der Waals surface area contributed by atoms with Gasteiger partial charge in [0.2, 0.25) is 5.91 Å². The lowest BCUT2D eigenvalue weighted by atomic mass is 10.1. The molecular weight excluding hydrogens is 328 g/mol. The number of fused-ring (bicyclic) bond motifs is 1. The van der Waals surface area contributed by atoms with Gasteiger partial charge in [0.1, 0.15) is 6.61 Å². The van der Waals surface area contributed by atoms with Crippen LogP contribution >= 0.6 is 0 Å². The van der Waals surface area contributed by atoms with Crippen molar-refractivity contribution in [1.29, 1.82) is 0 Å². The molecule has 2 heterocycles. The molecule has 3 aliphatic rings. The molecule has 1 unspecified atom stereocenters. The SMILES string of the molecule is O=C(COCC1C[C@@H]2OCCN(Cc3ccccc3)[C@H]2C1)N1CCCC1. The number of likely N-dealkylation sites (tertiary alicyclic amines) is 1. The van der Waals surface area contributed by atoms with Gasteiger partial charge in [-0.3, -0.25) is 9.69 Å². The summed E-state index contributed by atoms with van der Waals surface area (Å²) in [5.74, 6) is 0.646. The third-order valence-corrected chi connectivity index (χ3v) is 6.02. The number of morpholine rings is 1. The van der Waals surface area contributed by atoms with Crippen molar-refractivity contribution in [3.05, 3.63) is 35.9 Å². The van der Waals surface area contributed by atoms with Crippen LogP contribution in [0.15, 0.2) is 30.3 Å². The number of hydrogen-bond donors (Lipinski definition) is 0. The first-order chi connectivity index (χ1) is 12.8. The van der Waals surface area contributed by atoms with Gasteiger partial charge in [-0.05, 0) is 37.2 Å². The molecule has 0 bridgehead atoms. The van der Waals surface area contributed by atoms with Gasteiger partial charge in [-0.1, -0.05) is 30.3 Å². The van der Waals surface area contributed by atoms with Crippen LogP contribution in [0, 0.1) is 5.92 Å². The van der Waals surface area contributed by atoms with Crippen molar-refractivity contribution in [2.24, 2.45) is 5.92 Å². The maximum Gasteiger partial charge on any atom is 0.248 e. The molecule has 142 valence electrons. The predicted molar refractivity (Wildman–Crippen MR) is 99.7 cm³/mol. The topological polar surface area (TPSA) is 42.0 Å². The third-order valence-electron chi connectivity index (χ3n) is 6.02. The molecule has 0 N–H and O–H groups in total. The van der Waals surface area contributed by atoms with Crippen LogP contribution in [0.4, 0.5) is 0 Å². The van der Waals surface area contributed by atoms with Crippen molar-refractivity contribution in [3.63, 3.8) is 0 Å². The number of hydrogen-bond acceptors (Lipinski definition) is 4. The van der Waals surface area contributed by atoms with Crippen LogP contribution in [0.1, 0.15) is 31.2 Å². The minimum Gasteiger partial charge on any atom is -0.375 e. The molecule has 1 aromatic rings. The Hall–Kier alpha value is -1.43. The standard InChI is InChI=1S/C21H30N2O3/c24-21(22-8-4-5-9-22)16-25-15-18-12-19-20(13-18)26-11-10-23(19)14-17-6-2-1-3-7-17/h1-3,6-7,18-20H,4-5,8-16H2/t18?,19-,20-/m0/s1. The zero-order valence-electron chi connectivity index (χ0n) is 15.5. The Balaban J connectivity index is 1.25. The summed E-state index contributed by atoms with van der Waals surface area (Å²) in [6.45, 7) is 5.52. The van der Waals surface area contributed by atoms with E-state index >= 15 is 0 Å². The van der Waals surface area contributed by atoms with Crippen LogP contribution in [-0.4, -0.2) is 67.3 Å². The average molecular weight is 358 g/mol. The van der Waals surface area contributed by atoms with Gasteiger partial charge in [-0.2, -0.15) is 0 Å². The molecule has 3 atom stereocenters. The molecule has 2 saturated heterocycles. The highest BCUT2D eigenvalue weighted by Crippen LogP contribution is 2.35. The number of ether oxygens (including phenoxy) is 2.